The second-order valence-corrected chi connectivity index (χ2v) is 15.9. The van der Waals surface area contributed by atoms with Gasteiger partial charge in [-0.3, -0.25) is 9.78 Å². The maximum atomic E-state index is 13.1. The number of hydrogen-bond acceptors (Lipinski definition) is 3. The van der Waals surface area contributed by atoms with Gasteiger partial charge in [-0.2, -0.15) is 0 Å². The Balaban J connectivity index is 1.36. The van der Waals surface area contributed by atoms with E-state index in [4.69, 9.17) is 0 Å². The summed E-state index contributed by atoms with van der Waals surface area (Å²) in [6, 6.07) is 4.00. The lowest BCUT2D eigenvalue weighted by molar-refractivity contribution is -0.248. The Morgan fingerprint density at radius 2 is 1.62 bits per heavy atom. The summed E-state index contributed by atoms with van der Waals surface area (Å²) >= 11 is 0. The molecule has 5 aliphatic rings. The molecule has 10 atom stereocenters. The Morgan fingerprint density at radius 3 is 2.33 bits per heavy atom. The summed E-state index contributed by atoms with van der Waals surface area (Å²) in [5.41, 5.74) is 2.06. The molecule has 40 heavy (non-hydrogen) atoms. The number of aliphatic hydroxyl groups excluding tert-OH is 1. The van der Waals surface area contributed by atoms with E-state index in [1.807, 2.05) is 24.5 Å². The van der Waals surface area contributed by atoms with Crippen molar-refractivity contribution in [3.05, 3.63) is 48.3 Å². The first-order valence-electron chi connectivity index (χ1n) is 16.0. The van der Waals surface area contributed by atoms with Gasteiger partial charge in [-0.1, -0.05) is 58.9 Å². The average Bonchev–Trinajstić information content (AvgIpc) is 3.32. The van der Waals surface area contributed by atoms with Gasteiger partial charge in [0.05, 0.1) is 11.5 Å². The smallest absolute Gasteiger partial charge is 0.309 e. The molecule has 0 unspecified atom stereocenters. The van der Waals surface area contributed by atoms with Crippen LogP contribution in [0, 0.1) is 56.7 Å². The fourth-order valence-corrected chi connectivity index (χ4v) is 12.2. The predicted molar refractivity (Wildman–Crippen MR) is 160 cm³/mol. The summed E-state index contributed by atoms with van der Waals surface area (Å²) in [6.07, 6.45) is 17.9. The minimum absolute atomic E-state index is 0.0491. The molecule has 0 saturated heterocycles. The predicted octanol–water partition coefficient (Wildman–Crippen LogP) is 8.18. The normalized spacial score (nSPS) is 47.5. The van der Waals surface area contributed by atoms with Crippen LogP contribution in [0.3, 0.4) is 0 Å². The second kappa shape index (κ2) is 9.28. The van der Waals surface area contributed by atoms with E-state index in [0.29, 0.717) is 17.8 Å². The number of carbonyl (C=O) groups is 1. The highest BCUT2D eigenvalue weighted by molar-refractivity contribution is 5.76. The molecule has 0 amide bonds. The number of carboxylic acids is 1. The summed E-state index contributed by atoms with van der Waals surface area (Å²) < 4.78 is 0. The molecule has 5 saturated carbocycles. The Kier molecular flexibility index (Phi) is 6.54. The van der Waals surface area contributed by atoms with Gasteiger partial charge < -0.3 is 10.2 Å². The minimum Gasteiger partial charge on any atom is -0.481 e. The molecule has 0 bridgehead atoms. The van der Waals surface area contributed by atoms with E-state index in [1.54, 1.807) is 0 Å². The molecular formula is C36H51NO3. The number of aliphatic carboxylic acids is 1. The van der Waals surface area contributed by atoms with Gasteiger partial charge in [0, 0.05) is 12.4 Å². The van der Waals surface area contributed by atoms with Crippen molar-refractivity contribution in [2.45, 2.75) is 105 Å². The molecule has 0 aromatic carbocycles. The van der Waals surface area contributed by atoms with Gasteiger partial charge in [0.2, 0.25) is 0 Å². The molecule has 5 aliphatic carbocycles. The van der Waals surface area contributed by atoms with Crippen LogP contribution >= 0.6 is 0 Å². The van der Waals surface area contributed by atoms with E-state index < -0.39 is 11.4 Å². The van der Waals surface area contributed by atoms with Crippen molar-refractivity contribution in [3.8, 4) is 0 Å². The fourth-order valence-electron chi connectivity index (χ4n) is 12.2. The Bertz CT molecular complexity index is 1210. The summed E-state index contributed by atoms with van der Waals surface area (Å²) in [7, 11) is 0. The SMILES string of the molecule is C=C(/C=C/c1ccncc1)[C@@H]1CC[C@]2(C(=O)O)CC[C@]3(C)[C@H](CC[C@@H]4[C@@]5(C)CC[C@H](O)C(C)(C)[C@@H]5CC[C@]43C)[C@@H]12. The van der Waals surface area contributed by atoms with Crippen molar-refractivity contribution in [2.24, 2.45) is 56.7 Å². The number of pyridine rings is 1. The average molecular weight is 546 g/mol. The van der Waals surface area contributed by atoms with Crippen LogP contribution in [-0.2, 0) is 4.79 Å². The number of hydrogen-bond donors (Lipinski definition) is 2. The molecule has 4 nitrogen and oxygen atoms in total. The molecule has 1 aromatic heterocycles. The standard InChI is InChI=1S/C36H51NO3/c1-23(7-8-24-14-21-37-22-15-24)25-11-18-36(31(39)40)20-19-34(5)26(30(25)36)9-10-28-33(4)16-13-29(38)32(2,3)27(33)12-17-35(28,34)6/h7-8,14-15,21-22,25-30,38H,1,9-13,16-20H2,2-6H3,(H,39,40)/b8-7+/t25-,26+,27-,28+,29-,30+,33-,34+,35+,36-/m0/s1. The monoisotopic (exact) mass is 545 g/mol. The Hall–Kier alpha value is -1.94. The number of carboxylic acid groups (broad SMARTS) is 1. The van der Waals surface area contributed by atoms with Gasteiger partial charge in [-0.15, -0.1) is 0 Å². The van der Waals surface area contributed by atoms with Crippen molar-refractivity contribution in [1.29, 1.82) is 0 Å². The first-order valence-corrected chi connectivity index (χ1v) is 16.0. The van der Waals surface area contributed by atoms with Crippen molar-refractivity contribution >= 4 is 12.0 Å². The maximum Gasteiger partial charge on any atom is 0.309 e. The number of aliphatic hydroxyl groups is 1. The van der Waals surface area contributed by atoms with Crippen LogP contribution in [0.15, 0.2) is 42.8 Å². The largest absolute Gasteiger partial charge is 0.481 e. The Morgan fingerprint density at radius 1 is 0.900 bits per heavy atom. The lowest BCUT2D eigenvalue weighted by atomic mass is 9.32. The molecule has 0 aliphatic heterocycles. The van der Waals surface area contributed by atoms with Gasteiger partial charge in [0.15, 0.2) is 0 Å². The maximum absolute atomic E-state index is 13.1. The van der Waals surface area contributed by atoms with E-state index in [1.165, 1.54) is 19.3 Å². The minimum atomic E-state index is -0.621. The molecule has 218 valence electrons. The molecule has 6 rings (SSSR count). The van der Waals surface area contributed by atoms with Gasteiger partial charge in [0.1, 0.15) is 0 Å². The van der Waals surface area contributed by atoms with E-state index in [2.05, 4.69) is 58.3 Å². The first-order chi connectivity index (χ1) is 18.8. The number of aromatic nitrogens is 1. The summed E-state index contributed by atoms with van der Waals surface area (Å²) in [5, 5.41) is 21.8. The highest BCUT2D eigenvalue weighted by Gasteiger charge is 2.72. The van der Waals surface area contributed by atoms with E-state index in [9.17, 15) is 15.0 Å². The first kappa shape index (κ1) is 28.2. The van der Waals surface area contributed by atoms with Crippen LogP contribution in [-0.4, -0.2) is 27.3 Å². The highest BCUT2D eigenvalue weighted by atomic mass is 16.4. The third kappa shape index (κ3) is 3.66. The summed E-state index contributed by atoms with van der Waals surface area (Å²) in [5.74, 6) is 1.36. The number of rotatable bonds is 4. The molecule has 1 aromatic rings. The molecule has 0 spiro atoms. The van der Waals surface area contributed by atoms with Crippen LogP contribution in [0.4, 0.5) is 0 Å². The van der Waals surface area contributed by atoms with Gasteiger partial charge in [0.25, 0.3) is 0 Å². The zero-order chi connectivity index (χ0) is 28.7. The second-order valence-electron chi connectivity index (χ2n) is 15.9. The molecule has 0 radical (unpaired) electrons. The third-order valence-electron chi connectivity index (χ3n) is 14.5. The van der Waals surface area contributed by atoms with Gasteiger partial charge >= 0.3 is 5.97 Å². The highest BCUT2D eigenvalue weighted by Crippen LogP contribution is 2.77. The molecule has 5 fully saturated rings. The third-order valence-corrected chi connectivity index (χ3v) is 14.5. The van der Waals surface area contributed by atoms with Crippen LogP contribution in [0.5, 0.6) is 0 Å². The van der Waals surface area contributed by atoms with Crippen molar-refractivity contribution < 1.29 is 15.0 Å². The lowest BCUT2D eigenvalue weighted by Gasteiger charge is -2.72. The van der Waals surface area contributed by atoms with E-state index >= 15 is 0 Å². The van der Waals surface area contributed by atoms with Gasteiger partial charge in [-0.05, 0) is 133 Å². The molecule has 4 heteroatoms. The van der Waals surface area contributed by atoms with Crippen LogP contribution in [0.1, 0.15) is 104 Å². The quantitative estimate of drug-likeness (QED) is 0.374. The number of nitrogens with zero attached hydrogens (tertiary/aromatic N) is 1. The zero-order valence-electron chi connectivity index (χ0n) is 25.5. The molecule has 1 heterocycles. The topological polar surface area (TPSA) is 70.4 Å². The Labute approximate surface area is 241 Å². The molecular weight excluding hydrogens is 494 g/mol. The van der Waals surface area contributed by atoms with Gasteiger partial charge in [-0.25, -0.2) is 0 Å². The van der Waals surface area contributed by atoms with Crippen molar-refractivity contribution in [2.75, 3.05) is 0 Å². The summed E-state index contributed by atoms with van der Waals surface area (Å²) in [6.45, 7) is 16.9. The number of allylic oxidation sites excluding steroid dienone is 2. The van der Waals surface area contributed by atoms with Crippen LogP contribution in [0.2, 0.25) is 0 Å². The van der Waals surface area contributed by atoms with Crippen molar-refractivity contribution in [3.63, 3.8) is 0 Å². The van der Waals surface area contributed by atoms with Crippen molar-refractivity contribution in [1.82, 2.24) is 4.98 Å². The fraction of sp³-hybridized carbons (Fsp3) is 0.722. The zero-order valence-corrected chi connectivity index (χ0v) is 25.5. The lowest BCUT2D eigenvalue weighted by Crippen LogP contribution is -2.67. The van der Waals surface area contributed by atoms with E-state index in [0.717, 1.165) is 56.1 Å². The van der Waals surface area contributed by atoms with Crippen LogP contribution in [0.25, 0.3) is 6.08 Å². The molecule has 2 N–H and O–H groups in total. The summed E-state index contributed by atoms with van der Waals surface area (Å²) in [4.78, 5) is 17.2. The van der Waals surface area contributed by atoms with Crippen LogP contribution < -0.4 is 0 Å². The number of fused-ring (bicyclic) bond motifs is 7. The van der Waals surface area contributed by atoms with E-state index in [-0.39, 0.29) is 39.6 Å².